The van der Waals surface area contributed by atoms with Crippen molar-refractivity contribution in [1.29, 1.82) is 0 Å². The van der Waals surface area contributed by atoms with E-state index in [0.717, 1.165) is 12.0 Å². The van der Waals surface area contributed by atoms with Gasteiger partial charge in [-0.15, -0.1) is 12.4 Å². The zero-order valence-electron chi connectivity index (χ0n) is 12.7. The van der Waals surface area contributed by atoms with Gasteiger partial charge in [-0.25, -0.2) is 0 Å². The first kappa shape index (κ1) is 19.9. The molecular formula is C15H25ClN2O3. The maximum Gasteiger partial charge on any atom is 0.253 e. The number of rotatable bonds is 9. The van der Waals surface area contributed by atoms with E-state index in [1.165, 1.54) is 0 Å². The van der Waals surface area contributed by atoms with E-state index in [1.54, 1.807) is 19.1 Å². The van der Waals surface area contributed by atoms with Crippen molar-refractivity contribution in [3.05, 3.63) is 35.4 Å². The molecule has 5 nitrogen and oxygen atoms in total. The first-order chi connectivity index (χ1) is 9.72. The van der Waals surface area contributed by atoms with Crippen molar-refractivity contribution in [2.45, 2.75) is 13.0 Å². The zero-order valence-corrected chi connectivity index (χ0v) is 13.5. The number of hydrogen-bond acceptors (Lipinski definition) is 4. The quantitative estimate of drug-likeness (QED) is 0.704. The minimum Gasteiger partial charge on any atom is -0.385 e. The predicted molar refractivity (Wildman–Crippen MR) is 85.9 cm³/mol. The molecule has 0 unspecified atom stereocenters. The topological polar surface area (TPSA) is 64.8 Å². The summed E-state index contributed by atoms with van der Waals surface area (Å²) in [5.41, 5.74) is 7.25. The summed E-state index contributed by atoms with van der Waals surface area (Å²) in [7, 11) is 3.29. The molecule has 120 valence electrons. The molecule has 0 heterocycles. The molecule has 0 aliphatic heterocycles. The molecule has 6 heteroatoms. The molecule has 1 aromatic carbocycles. The van der Waals surface area contributed by atoms with Gasteiger partial charge in [0.25, 0.3) is 5.91 Å². The summed E-state index contributed by atoms with van der Waals surface area (Å²) in [5.74, 6) is 0.0155. The molecular weight excluding hydrogens is 292 g/mol. The highest BCUT2D eigenvalue weighted by Crippen LogP contribution is 2.08. The highest BCUT2D eigenvalue weighted by molar-refractivity contribution is 5.94. The third-order valence-electron chi connectivity index (χ3n) is 3.07. The van der Waals surface area contributed by atoms with E-state index in [-0.39, 0.29) is 18.3 Å². The Balaban J connectivity index is 0.00000400. The molecule has 0 aliphatic carbocycles. The molecule has 0 aromatic heterocycles. The number of halogens is 1. The van der Waals surface area contributed by atoms with Crippen molar-refractivity contribution < 1.29 is 14.3 Å². The Kier molecular flexibility index (Phi) is 10.9. The zero-order chi connectivity index (χ0) is 14.8. The standard InChI is InChI=1S/C15H24N2O3.ClH/c1-19-10-3-8-17(9-11-20-2)15(18)14-6-4-13(12-16)5-7-14;/h4-7H,3,8-12,16H2,1-2H3;1H. The fraction of sp³-hybridized carbons (Fsp3) is 0.533. The van der Waals surface area contributed by atoms with E-state index in [1.807, 2.05) is 24.3 Å². The van der Waals surface area contributed by atoms with Crippen molar-refractivity contribution in [3.8, 4) is 0 Å². The molecule has 0 saturated heterocycles. The van der Waals surface area contributed by atoms with Crippen LogP contribution in [0.25, 0.3) is 0 Å². The second kappa shape index (κ2) is 11.5. The molecule has 0 spiro atoms. The Hall–Kier alpha value is -1.14. The van der Waals surface area contributed by atoms with Crippen LogP contribution in [0.15, 0.2) is 24.3 Å². The van der Waals surface area contributed by atoms with Gasteiger partial charge in [-0.05, 0) is 24.1 Å². The number of hydrogen-bond donors (Lipinski definition) is 1. The average molecular weight is 317 g/mol. The maximum absolute atomic E-state index is 12.4. The van der Waals surface area contributed by atoms with Crippen molar-refractivity contribution in [2.75, 3.05) is 40.5 Å². The number of amides is 1. The summed E-state index contributed by atoms with van der Waals surface area (Å²) in [6.07, 6.45) is 0.812. The fourth-order valence-corrected chi connectivity index (χ4v) is 1.88. The summed E-state index contributed by atoms with van der Waals surface area (Å²) in [5, 5.41) is 0. The Morgan fingerprint density at radius 2 is 1.71 bits per heavy atom. The van der Waals surface area contributed by atoms with Gasteiger partial charge in [-0.1, -0.05) is 12.1 Å². The van der Waals surface area contributed by atoms with E-state index in [9.17, 15) is 4.79 Å². The van der Waals surface area contributed by atoms with Gasteiger partial charge in [0.2, 0.25) is 0 Å². The maximum atomic E-state index is 12.4. The van der Waals surface area contributed by atoms with E-state index in [2.05, 4.69) is 0 Å². The Bertz CT molecular complexity index is 398. The Morgan fingerprint density at radius 3 is 2.24 bits per heavy atom. The molecule has 0 atom stereocenters. The molecule has 21 heavy (non-hydrogen) atoms. The predicted octanol–water partition coefficient (Wildman–Crippen LogP) is 1.69. The summed E-state index contributed by atoms with van der Waals surface area (Å²) in [6, 6.07) is 7.41. The van der Waals surface area contributed by atoms with Gasteiger partial charge >= 0.3 is 0 Å². The van der Waals surface area contributed by atoms with Crippen molar-refractivity contribution in [3.63, 3.8) is 0 Å². The van der Waals surface area contributed by atoms with E-state index >= 15 is 0 Å². The van der Waals surface area contributed by atoms with Gasteiger partial charge in [0.05, 0.1) is 6.61 Å². The Labute approximate surface area is 132 Å². The van der Waals surface area contributed by atoms with Crippen molar-refractivity contribution in [1.82, 2.24) is 4.90 Å². The molecule has 1 amide bonds. The lowest BCUT2D eigenvalue weighted by atomic mass is 10.1. The highest BCUT2D eigenvalue weighted by Gasteiger charge is 2.15. The van der Waals surface area contributed by atoms with Crippen LogP contribution in [0.5, 0.6) is 0 Å². The SMILES string of the molecule is COCCCN(CCOC)C(=O)c1ccc(CN)cc1.Cl. The lowest BCUT2D eigenvalue weighted by molar-refractivity contribution is 0.0674. The highest BCUT2D eigenvalue weighted by atomic mass is 35.5. The van der Waals surface area contributed by atoms with Gasteiger partial charge in [-0.3, -0.25) is 4.79 Å². The molecule has 0 bridgehead atoms. The number of carbonyl (C=O) groups is 1. The second-order valence-corrected chi connectivity index (χ2v) is 4.53. The second-order valence-electron chi connectivity index (χ2n) is 4.53. The van der Waals surface area contributed by atoms with Crippen LogP contribution in [0.3, 0.4) is 0 Å². The normalized spacial score (nSPS) is 10.0. The van der Waals surface area contributed by atoms with Crippen LogP contribution in [-0.4, -0.2) is 51.3 Å². The third-order valence-corrected chi connectivity index (χ3v) is 3.07. The largest absolute Gasteiger partial charge is 0.385 e. The molecule has 0 aliphatic rings. The van der Waals surface area contributed by atoms with Crippen LogP contribution in [-0.2, 0) is 16.0 Å². The first-order valence-electron chi connectivity index (χ1n) is 6.79. The molecule has 1 aromatic rings. The van der Waals surface area contributed by atoms with Crippen LogP contribution in [0.4, 0.5) is 0 Å². The lowest BCUT2D eigenvalue weighted by Crippen LogP contribution is -2.35. The third kappa shape index (κ3) is 6.91. The first-order valence-corrected chi connectivity index (χ1v) is 6.79. The van der Waals surface area contributed by atoms with Crippen LogP contribution in [0.1, 0.15) is 22.3 Å². The van der Waals surface area contributed by atoms with E-state index in [4.69, 9.17) is 15.2 Å². The summed E-state index contributed by atoms with van der Waals surface area (Å²) >= 11 is 0. The van der Waals surface area contributed by atoms with Gasteiger partial charge in [-0.2, -0.15) is 0 Å². The minimum atomic E-state index is 0. The van der Waals surface area contributed by atoms with Crippen molar-refractivity contribution >= 4 is 18.3 Å². The van der Waals surface area contributed by atoms with Crippen LogP contribution >= 0.6 is 12.4 Å². The number of ether oxygens (including phenoxy) is 2. The van der Waals surface area contributed by atoms with Crippen molar-refractivity contribution in [2.24, 2.45) is 5.73 Å². The number of nitrogens with zero attached hydrogens (tertiary/aromatic N) is 1. The average Bonchev–Trinajstić information content (AvgIpc) is 2.50. The van der Waals surface area contributed by atoms with Gasteiger partial charge in [0.1, 0.15) is 0 Å². The Morgan fingerprint density at radius 1 is 1.10 bits per heavy atom. The minimum absolute atomic E-state index is 0. The van der Waals surface area contributed by atoms with Crippen LogP contribution in [0.2, 0.25) is 0 Å². The summed E-state index contributed by atoms with van der Waals surface area (Å²) in [4.78, 5) is 14.2. The van der Waals surface area contributed by atoms with Crippen LogP contribution < -0.4 is 5.73 Å². The number of carbonyl (C=O) groups excluding carboxylic acids is 1. The van der Waals surface area contributed by atoms with Gasteiger partial charge in [0, 0.05) is 46.0 Å². The summed E-state index contributed by atoms with van der Waals surface area (Å²) in [6.45, 7) is 2.89. The number of benzene rings is 1. The van der Waals surface area contributed by atoms with E-state index < -0.39 is 0 Å². The lowest BCUT2D eigenvalue weighted by Gasteiger charge is -2.22. The van der Waals surface area contributed by atoms with Gasteiger partial charge in [0.15, 0.2) is 0 Å². The number of nitrogens with two attached hydrogens (primary N) is 1. The molecule has 0 fully saturated rings. The molecule has 2 N–H and O–H groups in total. The number of methoxy groups -OCH3 is 2. The summed E-state index contributed by atoms with van der Waals surface area (Å²) < 4.78 is 10.1. The molecule has 0 saturated carbocycles. The fourth-order valence-electron chi connectivity index (χ4n) is 1.88. The monoisotopic (exact) mass is 316 g/mol. The van der Waals surface area contributed by atoms with E-state index in [0.29, 0.717) is 38.4 Å². The molecule has 1 rings (SSSR count). The smallest absolute Gasteiger partial charge is 0.253 e. The molecule has 0 radical (unpaired) electrons. The van der Waals surface area contributed by atoms with Gasteiger partial charge < -0.3 is 20.1 Å². The van der Waals surface area contributed by atoms with Crippen LogP contribution in [0, 0.1) is 0 Å².